The second kappa shape index (κ2) is 11.6. The number of rotatable bonds is 5. The van der Waals surface area contributed by atoms with Gasteiger partial charge in [0.15, 0.2) is 11.6 Å². The zero-order valence-electron chi connectivity index (χ0n) is 22.7. The molecule has 2 aliphatic heterocycles. The van der Waals surface area contributed by atoms with Gasteiger partial charge in [-0.1, -0.05) is 25.1 Å². The molecule has 200 valence electrons. The van der Waals surface area contributed by atoms with Gasteiger partial charge in [-0.25, -0.2) is 9.97 Å². The number of anilines is 2. The SMILES string of the molecule is C=COc1cc(-c2ccc(C#N)cc2)c(-c2cnc3c(c2)NNN3C(C)C)n2cncc12.CN1CCCCC1. The van der Waals surface area contributed by atoms with Gasteiger partial charge in [0, 0.05) is 23.4 Å². The van der Waals surface area contributed by atoms with E-state index in [9.17, 15) is 5.26 Å². The standard InChI is InChI=1S/C24H21N7O.C6H13N/c1-4-32-22-10-19(17-7-5-16(11-25)6-8-17)23(30-14-26-13-21(22)30)18-9-20-24(27-12-18)31(15(2)3)29-28-20;1-7-5-3-2-4-6-7/h4-10,12-15,28-29H,1H2,2-3H3;2-6H2,1H3. The van der Waals surface area contributed by atoms with Crippen LogP contribution in [0.5, 0.6) is 5.75 Å². The summed E-state index contributed by atoms with van der Waals surface area (Å²) in [5.74, 6) is 1.48. The van der Waals surface area contributed by atoms with Crippen molar-refractivity contribution >= 4 is 17.0 Å². The first-order chi connectivity index (χ1) is 19.0. The fourth-order valence-electron chi connectivity index (χ4n) is 4.95. The molecule has 1 saturated heterocycles. The zero-order chi connectivity index (χ0) is 27.4. The Morgan fingerprint density at radius 2 is 1.85 bits per heavy atom. The Morgan fingerprint density at radius 1 is 1.08 bits per heavy atom. The van der Waals surface area contributed by atoms with E-state index in [0.717, 1.165) is 39.4 Å². The summed E-state index contributed by atoms with van der Waals surface area (Å²) in [5, 5.41) is 11.2. The molecule has 0 aliphatic carbocycles. The molecule has 2 N–H and O–H groups in total. The Hall–Kier alpha value is -4.39. The van der Waals surface area contributed by atoms with Gasteiger partial charge < -0.3 is 15.1 Å². The normalized spacial score (nSPS) is 14.8. The van der Waals surface area contributed by atoms with Crippen LogP contribution in [0.4, 0.5) is 11.5 Å². The third kappa shape index (κ3) is 5.43. The Bertz CT molecular complexity index is 1500. The topological polar surface area (TPSA) is 93.7 Å². The van der Waals surface area contributed by atoms with Crippen molar-refractivity contribution in [1.82, 2.24) is 24.8 Å². The van der Waals surface area contributed by atoms with Gasteiger partial charge in [-0.3, -0.25) is 9.41 Å². The van der Waals surface area contributed by atoms with E-state index < -0.39 is 0 Å². The number of ether oxygens (including phenoxy) is 1. The molecular weight excluding hydrogens is 488 g/mol. The lowest BCUT2D eigenvalue weighted by Crippen LogP contribution is -2.41. The summed E-state index contributed by atoms with van der Waals surface area (Å²) in [6.07, 6.45) is 11.0. The maximum atomic E-state index is 9.19. The number of hydrazine groups is 2. The average molecular weight is 523 g/mol. The summed E-state index contributed by atoms with van der Waals surface area (Å²) in [5.41, 5.74) is 12.4. The predicted molar refractivity (Wildman–Crippen MR) is 155 cm³/mol. The van der Waals surface area contributed by atoms with E-state index in [1.54, 1.807) is 24.7 Å². The summed E-state index contributed by atoms with van der Waals surface area (Å²) < 4.78 is 7.68. The second-order valence-electron chi connectivity index (χ2n) is 10.1. The van der Waals surface area contributed by atoms with E-state index >= 15 is 0 Å². The van der Waals surface area contributed by atoms with Crippen molar-refractivity contribution < 1.29 is 4.74 Å². The fraction of sp³-hybridized carbons (Fsp3) is 0.300. The molecule has 1 fully saturated rings. The molecule has 1 aromatic carbocycles. The average Bonchev–Trinajstić information content (AvgIpc) is 3.61. The number of likely N-dealkylation sites (tertiary alicyclic amines) is 1. The Labute approximate surface area is 229 Å². The van der Waals surface area contributed by atoms with Crippen molar-refractivity contribution in [3.63, 3.8) is 0 Å². The molecule has 0 radical (unpaired) electrons. The number of hydrogen-bond acceptors (Lipinski definition) is 8. The van der Waals surface area contributed by atoms with Crippen molar-refractivity contribution in [1.29, 1.82) is 5.26 Å². The quantitative estimate of drug-likeness (QED) is 0.326. The number of nitrogens with one attached hydrogen (secondary N) is 2. The maximum Gasteiger partial charge on any atom is 0.169 e. The van der Waals surface area contributed by atoms with Gasteiger partial charge in [-0.2, -0.15) is 5.26 Å². The minimum Gasteiger partial charge on any atom is -0.463 e. The summed E-state index contributed by atoms with van der Waals surface area (Å²) in [7, 11) is 2.19. The molecule has 0 saturated carbocycles. The molecule has 0 bridgehead atoms. The highest BCUT2D eigenvalue weighted by molar-refractivity contribution is 5.88. The van der Waals surface area contributed by atoms with Crippen LogP contribution >= 0.6 is 0 Å². The number of pyridine rings is 2. The van der Waals surface area contributed by atoms with Crippen LogP contribution in [0.1, 0.15) is 38.7 Å². The number of nitriles is 1. The Kier molecular flexibility index (Phi) is 7.77. The molecule has 2 aliphatic rings. The van der Waals surface area contributed by atoms with Crippen molar-refractivity contribution in [3.05, 3.63) is 73.5 Å². The number of aromatic nitrogens is 3. The van der Waals surface area contributed by atoms with E-state index in [0.29, 0.717) is 11.3 Å². The van der Waals surface area contributed by atoms with Crippen molar-refractivity contribution in [3.8, 4) is 34.2 Å². The Morgan fingerprint density at radius 3 is 2.49 bits per heavy atom. The van der Waals surface area contributed by atoms with Crippen LogP contribution in [0.25, 0.3) is 27.9 Å². The molecule has 5 heterocycles. The van der Waals surface area contributed by atoms with Crippen molar-refractivity contribution in [2.24, 2.45) is 0 Å². The van der Waals surface area contributed by atoms with Gasteiger partial charge in [0.05, 0.1) is 41.8 Å². The number of piperidine rings is 1. The van der Waals surface area contributed by atoms with E-state index in [1.165, 1.54) is 38.6 Å². The van der Waals surface area contributed by atoms with Crippen LogP contribution in [0.3, 0.4) is 0 Å². The third-order valence-electron chi connectivity index (χ3n) is 6.97. The molecule has 0 atom stereocenters. The van der Waals surface area contributed by atoms with Crippen molar-refractivity contribution in [2.45, 2.75) is 39.2 Å². The van der Waals surface area contributed by atoms with Crippen LogP contribution in [0, 0.1) is 11.3 Å². The molecule has 3 aromatic heterocycles. The number of hydrogen-bond donors (Lipinski definition) is 2. The summed E-state index contributed by atoms with van der Waals surface area (Å²) in [6, 6.07) is 13.9. The molecule has 9 heteroatoms. The first-order valence-electron chi connectivity index (χ1n) is 13.3. The van der Waals surface area contributed by atoms with Crippen LogP contribution in [0.2, 0.25) is 0 Å². The zero-order valence-corrected chi connectivity index (χ0v) is 22.7. The number of benzene rings is 1. The predicted octanol–water partition coefficient (Wildman–Crippen LogP) is 5.62. The van der Waals surface area contributed by atoms with Crippen LogP contribution < -0.4 is 20.7 Å². The second-order valence-corrected chi connectivity index (χ2v) is 10.1. The van der Waals surface area contributed by atoms with Gasteiger partial charge in [-0.05, 0) is 76.7 Å². The summed E-state index contributed by atoms with van der Waals surface area (Å²) in [4.78, 5) is 11.5. The third-order valence-corrected chi connectivity index (χ3v) is 6.97. The van der Waals surface area contributed by atoms with Gasteiger partial charge in [-0.15, -0.1) is 5.53 Å². The highest BCUT2D eigenvalue weighted by atomic mass is 16.5. The van der Waals surface area contributed by atoms with Crippen LogP contribution in [-0.2, 0) is 0 Å². The molecule has 0 amide bonds. The van der Waals surface area contributed by atoms with Gasteiger partial charge in [0.1, 0.15) is 5.52 Å². The first kappa shape index (κ1) is 26.2. The lowest BCUT2D eigenvalue weighted by molar-refractivity contribution is 0.277. The van der Waals surface area contributed by atoms with Crippen molar-refractivity contribution in [2.75, 3.05) is 30.6 Å². The first-order valence-corrected chi connectivity index (χ1v) is 13.3. The van der Waals surface area contributed by atoms with E-state index in [1.807, 2.05) is 33.8 Å². The highest BCUT2D eigenvalue weighted by Gasteiger charge is 2.24. The summed E-state index contributed by atoms with van der Waals surface area (Å²) >= 11 is 0. The highest BCUT2D eigenvalue weighted by Crippen LogP contribution is 2.40. The molecule has 6 rings (SSSR count). The Balaban J connectivity index is 0.000000384. The fourth-order valence-corrected chi connectivity index (χ4v) is 4.95. The number of fused-ring (bicyclic) bond motifs is 2. The van der Waals surface area contributed by atoms with E-state index in [2.05, 4.69) is 60.5 Å². The molecule has 0 unspecified atom stereocenters. The minimum absolute atomic E-state index is 0.243. The van der Waals surface area contributed by atoms with Gasteiger partial charge in [0.25, 0.3) is 0 Å². The van der Waals surface area contributed by atoms with Gasteiger partial charge >= 0.3 is 0 Å². The summed E-state index contributed by atoms with van der Waals surface area (Å²) in [6.45, 7) is 10.5. The number of nitrogens with zero attached hydrogens (tertiary/aromatic N) is 6. The molecule has 9 nitrogen and oxygen atoms in total. The van der Waals surface area contributed by atoms with Crippen LogP contribution in [0.15, 0.2) is 68.0 Å². The smallest absolute Gasteiger partial charge is 0.169 e. The molecular formula is C30H34N8O. The van der Waals surface area contributed by atoms with E-state index in [-0.39, 0.29) is 6.04 Å². The number of imidazole rings is 1. The lowest BCUT2D eigenvalue weighted by atomic mass is 9.98. The molecule has 39 heavy (non-hydrogen) atoms. The largest absolute Gasteiger partial charge is 0.463 e. The molecule has 4 aromatic rings. The minimum atomic E-state index is 0.243. The lowest BCUT2D eigenvalue weighted by Gasteiger charge is -2.21. The monoisotopic (exact) mass is 522 g/mol. The maximum absolute atomic E-state index is 9.19. The van der Waals surface area contributed by atoms with E-state index in [4.69, 9.17) is 9.72 Å². The van der Waals surface area contributed by atoms with Crippen LogP contribution in [-0.4, -0.2) is 45.4 Å². The molecule has 0 spiro atoms. The van der Waals surface area contributed by atoms with Gasteiger partial charge in [0.2, 0.25) is 0 Å².